The monoisotopic (exact) mass is 405 g/mol. The Kier molecular flexibility index (Phi) is 3.09. The van der Waals surface area contributed by atoms with Crippen LogP contribution in [0.25, 0.3) is 21.8 Å². The smallest absolute Gasteiger partial charge is 0.268 e. The molecule has 3 aromatic carbocycles. The summed E-state index contributed by atoms with van der Waals surface area (Å²) < 4.78 is 2.63. The van der Waals surface area contributed by atoms with Crippen molar-refractivity contribution in [3.8, 4) is 0 Å². The summed E-state index contributed by atoms with van der Waals surface area (Å²) in [4.78, 5) is 32.1. The van der Waals surface area contributed by atoms with Gasteiger partial charge in [0.25, 0.3) is 11.8 Å². The van der Waals surface area contributed by atoms with Crippen LogP contribution in [0.4, 0.5) is 5.95 Å². The van der Waals surface area contributed by atoms with Gasteiger partial charge in [-0.2, -0.15) is 0 Å². The number of hydrogen-bond donors (Lipinski definition) is 0. The molecule has 126 valence electrons. The van der Waals surface area contributed by atoms with Gasteiger partial charge >= 0.3 is 0 Å². The van der Waals surface area contributed by atoms with E-state index in [0.29, 0.717) is 22.5 Å². The topological polar surface area (TPSA) is 55.2 Å². The molecule has 5 rings (SSSR count). The zero-order valence-electron chi connectivity index (χ0n) is 13.7. The molecule has 0 atom stereocenters. The zero-order chi connectivity index (χ0) is 18.0. The lowest BCUT2D eigenvalue weighted by Gasteiger charge is -2.26. The van der Waals surface area contributed by atoms with Crippen LogP contribution in [0.1, 0.15) is 20.7 Å². The number of benzene rings is 3. The molecule has 26 heavy (non-hydrogen) atoms. The van der Waals surface area contributed by atoms with E-state index in [-0.39, 0.29) is 11.8 Å². The van der Waals surface area contributed by atoms with E-state index >= 15 is 0 Å². The molecule has 0 N–H and O–H groups in total. The molecule has 0 unspecified atom stereocenters. The van der Waals surface area contributed by atoms with E-state index in [9.17, 15) is 9.59 Å². The molecule has 0 saturated carbocycles. The van der Waals surface area contributed by atoms with Crippen molar-refractivity contribution in [3.05, 3.63) is 70.2 Å². The number of carbonyl (C=O) groups excluding carboxylic acids is 2. The molecule has 4 aromatic rings. The number of fused-ring (bicyclic) bond motifs is 1. The van der Waals surface area contributed by atoms with Crippen LogP contribution in [0, 0.1) is 0 Å². The average Bonchev–Trinajstić information content (AvgIpc) is 2.98. The summed E-state index contributed by atoms with van der Waals surface area (Å²) in [5, 5.41) is 1.54. The van der Waals surface area contributed by atoms with Crippen LogP contribution < -0.4 is 4.90 Å². The number of para-hydroxylation sites is 2. The SMILES string of the molecule is Cn1c(N2C(=O)c3cccc4c(Br)ccc(c34)C2=O)nc2ccccc21. The van der Waals surface area contributed by atoms with Gasteiger partial charge in [0.1, 0.15) is 0 Å². The van der Waals surface area contributed by atoms with Crippen molar-refractivity contribution in [2.24, 2.45) is 7.05 Å². The summed E-state index contributed by atoms with van der Waals surface area (Å²) >= 11 is 3.50. The highest BCUT2D eigenvalue weighted by atomic mass is 79.9. The second-order valence-corrected chi connectivity index (χ2v) is 7.08. The minimum absolute atomic E-state index is 0.326. The first-order chi connectivity index (χ1) is 12.6. The van der Waals surface area contributed by atoms with E-state index in [0.717, 1.165) is 20.9 Å². The van der Waals surface area contributed by atoms with Crippen molar-refractivity contribution in [1.29, 1.82) is 0 Å². The van der Waals surface area contributed by atoms with Crippen LogP contribution >= 0.6 is 15.9 Å². The number of hydrogen-bond acceptors (Lipinski definition) is 3. The molecule has 5 nitrogen and oxygen atoms in total. The molecule has 0 fully saturated rings. The van der Waals surface area contributed by atoms with Crippen molar-refractivity contribution in [2.45, 2.75) is 0 Å². The fourth-order valence-electron chi connectivity index (χ4n) is 3.58. The molecule has 0 bridgehead atoms. The van der Waals surface area contributed by atoms with Crippen LogP contribution in [0.2, 0.25) is 0 Å². The van der Waals surface area contributed by atoms with Gasteiger partial charge < -0.3 is 4.57 Å². The zero-order valence-corrected chi connectivity index (χ0v) is 15.3. The number of anilines is 1. The Morgan fingerprint density at radius 3 is 2.38 bits per heavy atom. The number of carbonyl (C=O) groups is 2. The maximum absolute atomic E-state index is 13.2. The predicted octanol–water partition coefficient (Wildman–Crippen LogP) is 4.29. The third-order valence-electron chi connectivity index (χ3n) is 4.82. The quantitative estimate of drug-likeness (QED) is 0.443. The Morgan fingerprint density at radius 1 is 0.885 bits per heavy atom. The molecule has 0 aliphatic carbocycles. The van der Waals surface area contributed by atoms with Gasteiger partial charge in [-0.25, -0.2) is 9.88 Å². The van der Waals surface area contributed by atoms with Crippen molar-refractivity contribution in [3.63, 3.8) is 0 Å². The van der Waals surface area contributed by atoms with Gasteiger partial charge in [0, 0.05) is 28.0 Å². The molecule has 0 saturated heterocycles. The van der Waals surface area contributed by atoms with Crippen LogP contribution in [0.15, 0.2) is 59.1 Å². The first-order valence-electron chi connectivity index (χ1n) is 8.09. The van der Waals surface area contributed by atoms with Gasteiger partial charge in [0.15, 0.2) is 0 Å². The van der Waals surface area contributed by atoms with E-state index in [2.05, 4.69) is 20.9 Å². The predicted molar refractivity (Wildman–Crippen MR) is 104 cm³/mol. The third kappa shape index (κ3) is 1.87. The highest BCUT2D eigenvalue weighted by Crippen LogP contribution is 2.36. The summed E-state index contributed by atoms with van der Waals surface area (Å²) in [5.41, 5.74) is 2.62. The molecular weight excluding hydrogens is 394 g/mol. The van der Waals surface area contributed by atoms with Gasteiger partial charge in [0.2, 0.25) is 5.95 Å². The molecule has 2 amide bonds. The molecule has 1 aliphatic rings. The third-order valence-corrected chi connectivity index (χ3v) is 5.51. The lowest BCUT2D eigenvalue weighted by atomic mass is 9.94. The number of rotatable bonds is 1. The highest BCUT2D eigenvalue weighted by molar-refractivity contribution is 9.10. The van der Waals surface area contributed by atoms with E-state index in [1.165, 1.54) is 4.90 Å². The first kappa shape index (κ1) is 15.3. The number of aromatic nitrogens is 2. The molecule has 1 aromatic heterocycles. The van der Waals surface area contributed by atoms with Gasteiger partial charge in [-0.3, -0.25) is 9.59 Å². The minimum Gasteiger partial charge on any atom is -0.312 e. The fourth-order valence-corrected chi connectivity index (χ4v) is 4.04. The largest absolute Gasteiger partial charge is 0.312 e. The molecule has 0 spiro atoms. The Bertz CT molecular complexity index is 1240. The molecule has 6 heteroatoms. The maximum Gasteiger partial charge on any atom is 0.268 e. The molecule has 1 aliphatic heterocycles. The maximum atomic E-state index is 13.2. The number of imide groups is 1. The Balaban J connectivity index is 1.80. The van der Waals surface area contributed by atoms with Crippen LogP contribution in [0.5, 0.6) is 0 Å². The number of nitrogens with zero attached hydrogens (tertiary/aromatic N) is 3. The van der Waals surface area contributed by atoms with E-state index in [1.807, 2.05) is 49.5 Å². The summed E-state index contributed by atoms with van der Waals surface area (Å²) in [6, 6.07) is 16.6. The van der Waals surface area contributed by atoms with Gasteiger partial charge in [0.05, 0.1) is 11.0 Å². The second-order valence-electron chi connectivity index (χ2n) is 6.23. The van der Waals surface area contributed by atoms with E-state index in [1.54, 1.807) is 16.7 Å². The summed E-state index contributed by atoms with van der Waals surface area (Å²) in [6.45, 7) is 0. The van der Waals surface area contributed by atoms with E-state index < -0.39 is 0 Å². The number of amides is 2. The summed E-state index contributed by atoms with van der Waals surface area (Å²) in [7, 11) is 1.81. The van der Waals surface area contributed by atoms with Gasteiger partial charge in [-0.05, 0) is 35.7 Å². The Labute approximate surface area is 157 Å². The summed E-state index contributed by atoms with van der Waals surface area (Å²) in [6.07, 6.45) is 0. The van der Waals surface area contributed by atoms with Crippen LogP contribution in [-0.2, 0) is 7.05 Å². The van der Waals surface area contributed by atoms with Gasteiger partial charge in [-0.15, -0.1) is 0 Å². The summed E-state index contributed by atoms with van der Waals surface area (Å²) in [5.74, 6) is -0.388. The Morgan fingerprint density at radius 2 is 1.62 bits per heavy atom. The normalized spacial score (nSPS) is 13.8. The average molecular weight is 406 g/mol. The number of imidazole rings is 1. The Hall–Kier alpha value is -2.99. The molecule has 2 heterocycles. The van der Waals surface area contributed by atoms with E-state index in [4.69, 9.17) is 0 Å². The molecular formula is C20H12BrN3O2. The van der Waals surface area contributed by atoms with Crippen molar-refractivity contribution in [1.82, 2.24) is 9.55 Å². The van der Waals surface area contributed by atoms with Crippen LogP contribution in [-0.4, -0.2) is 21.4 Å². The lowest BCUT2D eigenvalue weighted by molar-refractivity contribution is 0.0890. The number of aryl methyl sites for hydroxylation is 1. The van der Waals surface area contributed by atoms with Crippen molar-refractivity contribution in [2.75, 3.05) is 4.90 Å². The molecule has 0 radical (unpaired) electrons. The minimum atomic E-state index is -0.357. The second kappa shape index (κ2) is 5.25. The van der Waals surface area contributed by atoms with Gasteiger partial charge in [-0.1, -0.05) is 40.2 Å². The van der Waals surface area contributed by atoms with Crippen LogP contribution in [0.3, 0.4) is 0 Å². The first-order valence-corrected chi connectivity index (χ1v) is 8.88. The van der Waals surface area contributed by atoms with Crippen molar-refractivity contribution < 1.29 is 9.59 Å². The standard InChI is InChI=1S/C20H12BrN3O2/c1-23-16-8-3-2-7-15(16)22-20(23)24-18(25)12-6-4-5-11-14(21)10-9-13(17(11)12)19(24)26/h2-10H,1H3. The highest BCUT2D eigenvalue weighted by Gasteiger charge is 2.36. The number of halogens is 1. The fraction of sp³-hybridized carbons (Fsp3) is 0.0500. The lowest BCUT2D eigenvalue weighted by Crippen LogP contribution is -2.41. The van der Waals surface area contributed by atoms with Crippen molar-refractivity contribution >= 4 is 55.5 Å².